The van der Waals surface area contributed by atoms with Crippen molar-refractivity contribution in [2.45, 2.75) is 136 Å². The number of ketones is 1. The van der Waals surface area contributed by atoms with Crippen LogP contribution < -0.4 is 0 Å². The molecule has 4 rings (SSSR count). The third-order valence-electron chi connectivity index (χ3n) is 10.4. The van der Waals surface area contributed by atoms with Gasteiger partial charge in [-0.3, -0.25) is 4.79 Å². The molecular formula is C32H51FO4. The monoisotopic (exact) mass is 518 g/mol. The molecule has 0 N–H and O–H groups in total. The molecule has 0 bridgehead atoms. The van der Waals surface area contributed by atoms with Crippen molar-refractivity contribution >= 4 is 11.9 Å². The lowest BCUT2D eigenvalue weighted by Gasteiger charge is -2.56. The Morgan fingerprint density at radius 3 is 2.38 bits per heavy atom. The van der Waals surface area contributed by atoms with Crippen molar-refractivity contribution in [2.24, 2.45) is 35.0 Å². The van der Waals surface area contributed by atoms with Gasteiger partial charge in [0.2, 0.25) is 0 Å². The van der Waals surface area contributed by atoms with Crippen LogP contribution in [0.15, 0.2) is 11.6 Å². The third-order valence-corrected chi connectivity index (χ3v) is 10.4. The molecule has 210 valence electrons. The summed E-state index contributed by atoms with van der Waals surface area (Å²) >= 11 is 0. The highest BCUT2D eigenvalue weighted by Crippen LogP contribution is 2.64. The number of carbonyl (C=O) groups excluding carboxylic acids is 2. The molecule has 0 heterocycles. The molecule has 3 saturated carbocycles. The second-order valence-electron chi connectivity index (χ2n) is 13.0. The van der Waals surface area contributed by atoms with Gasteiger partial charge in [0.15, 0.2) is 5.78 Å². The van der Waals surface area contributed by atoms with E-state index < -0.39 is 12.3 Å². The Morgan fingerprint density at radius 1 is 1.00 bits per heavy atom. The molecule has 0 unspecified atom stereocenters. The summed E-state index contributed by atoms with van der Waals surface area (Å²) in [4.78, 5) is 24.6. The maximum absolute atomic E-state index is 15.9. The highest BCUT2D eigenvalue weighted by atomic mass is 19.1. The Hall–Kier alpha value is -1.39. The highest BCUT2D eigenvalue weighted by molar-refractivity contribution is 5.91. The first-order valence-corrected chi connectivity index (χ1v) is 15.6. The first-order valence-electron chi connectivity index (χ1n) is 15.6. The van der Waals surface area contributed by atoms with Crippen LogP contribution in [-0.2, 0) is 14.3 Å². The molecule has 4 aliphatic rings. The summed E-state index contributed by atoms with van der Waals surface area (Å²) in [5.74, 6) is 1.42. The van der Waals surface area contributed by atoms with Crippen molar-refractivity contribution in [2.75, 3.05) is 6.61 Å². The molecule has 0 spiro atoms. The minimum Gasteiger partial charge on any atom is -0.434 e. The van der Waals surface area contributed by atoms with Crippen LogP contribution in [0, 0.1) is 35.0 Å². The fourth-order valence-electron chi connectivity index (χ4n) is 8.62. The summed E-state index contributed by atoms with van der Waals surface area (Å²) in [6, 6.07) is 0. The number of allylic oxidation sites excluding steroid dienone is 1. The van der Waals surface area contributed by atoms with Crippen LogP contribution in [0.3, 0.4) is 0 Å². The van der Waals surface area contributed by atoms with E-state index in [4.69, 9.17) is 9.47 Å². The fourth-order valence-corrected chi connectivity index (χ4v) is 8.62. The molecule has 0 amide bonds. The van der Waals surface area contributed by atoms with E-state index in [1.165, 1.54) is 56.9 Å². The number of rotatable bonds is 12. The minimum absolute atomic E-state index is 0.00298. The normalized spacial score (nSPS) is 36.8. The van der Waals surface area contributed by atoms with Crippen molar-refractivity contribution in [3.05, 3.63) is 11.6 Å². The SMILES string of the molecule is CCCCCCCCCCCCOC(=O)O[C@H]1CC[C@H]2[C@H]3[C@H]([C@@H](F)C[C@]12C)[C@H]1CCC(=O)C=C1C[C@H]3C. The van der Waals surface area contributed by atoms with E-state index in [1.54, 1.807) is 0 Å². The van der Waals surface area contributed by atoms with Crippen molar-refractivity contribution in [1.29, 1.82) is 0 Å². The number of unbranched alkanes of at least 4 members (excludes halogenated alkanes) is 9. The van der Waals surface area contributed by atoms with Crippen molar-refractivity contribution < 1.29 is 23.5 Å². The second kappa shape index (κ2) is 13.1. The van der Waals surface area contributed by atoms with Gasteiger partial charge in [0, 0.05) is 17.8 Å². The lowest BCUT2D eigenvalue weighted by molar-refractivity contribution is -0.123. The maximum Gasteiger partial charge on any atom is 0.508 e. The van der Waals surface area contributed by atoms with E-state index in [9.17, 15) is 9.59 Å². The maximum atomic E-state index is 15.9. The first-order chi connectivity index (χ1) is 17.8. The molecule has 0 aromatic rings. The Bertz CT molecular complexity index is 809. The van der Waals surface area contributed by atoms with Gasteiger partial charge in [-0.25, -0.2) is 9.18 Å². The van der Waals surface area contributed by atoms with Crippen molar-refractivity contribution in [1.82, 2.24) is 0 Å². The molecule has 0 aromatic carbocycles. The number of hydrogen-bond acceptors (Lipinski definition) is 4. The molecule has 3 fully saturated rings. The molecular weight excluding hydrogens is 467 g/mol. The molecule has 4 nitrogen and oxygen atoms in total. The average molecular weight is 519 g/mol. The first kappa shape index (κ1) is 28.6. The van der Waals surface area contributed by atoms with E-state index in [0.717, 1.165) is 38.5 Å². The Balaban J connectivity index is 1.21. The van der Waals surface area contributed by atoms with Crippen LogP contribution in [0.1, 0.15) is 124 Å². The van der Waals surface area contributed by atoms with Gasteiger partial charge in [0.05, 0.1) is 6.61 Å². The van der Waals surface area contributed by atoms with Gasteiger partial charge in [-0.05, 0) is 68.3 Å². The van der Waals surface area contributed by atoms with Gasteiger partial charge in [-0.15, -0.1) is 0 Å². The van der Waals surface area contributed by atoms with Gasteiger partial charge in [-0.1, -0.05) is 84.1 Å². The Morgan fingerprint density at radius 2 is 1.68 bits per heavy atom. The largest absolute Gasteiger partial charge is 0.508 e. The Labute approximate surface area is 224 Å². The summed E-state index contributed by atoms with van der Waals surface area (Å²) in [5.41, 5.74) is 0.856. The fraction of sp³-hybridized carbons (Fsp3) is 0.875. The number of alkyl halides is 1. The van der Waals surface area contributed by atoms with Crippen LogP contribution in [0.25, 0.3) is 0 Å². The molecule has 0 aliphatic heterocycles. The zero-order valence-electron chi connectivity index (χ0n) is 23.7. The van der Waals surface area contributed by atoms with E-state index in [1.807, 2.05) is 6.08 Å². The summed E-state index contributed by atoms with van der Waals surface area (Å²) in [6.45, 7) is 7.04. The van der Waals surface area contributed by atoms with Crippen LogP contribution in [0.5, 0.6) is 0 Å². The molecule has 0 aromatic heterocycles. The highest BCUT2D eigenvalue weighted by Gasteiger charge is 2.62. The summed E-state index contributed by atoms with van der Waals surface area (Å²) in [5, 5.41) is 0. The van der Waals surface area contributed by atoms with Gasteiger partial charge in [0.1, 0.15) is 12.3 Å². The number of ether oxygens (including phenoxy) is 2. The van der Waals surface area contributed by atoms with Crippen molar-refractivity contribution in [3.63, 3.8) is 0 Å². The number of fused-ring (bicyclic) bond motifs is 5. The van der Waals surface area contributed by atoms with E-state index in [0.29, 0.717) is 37.2 Å². The van der Waals surface area contributed by atoms with Gasteiger partial charge in [-0.2, -0.15) is 0 Å². The number of halogens is 1. The molecule has 5 heteroatoms. The lowest BCUT2D eigenvalue weighted by Crippen LogP contribution is -2.55. The number of hydrogen-bond donors (Lipinski definition) is 0. The van der Waals surface area contributed by atoms with Crippen LogP contribution >= 0.6 is 0 Å². The van der Waals surface area contributed by atoms with Crippen LogP contribution in [-0.4, -0.2) is 30.8 Å². The minimum atomic E-state index is -0.914. The average Bonchev–Trinajstić information content (AvgIpc) is 3.17. The molecule has 0 saturated heterocycles. The van der Waals surface area contributed by atoms with Gasteiger partial charge in [0.25, 0.3) is 0 Å². The van der Waals surface area contributed by atoms with Crippen LogP contribution in [0.4, 0.5) is 9.18 Å². The van der Waals surface area contributed by atoms with E-state index in [2.05, 4.69) is 20.8 Å². The second-order valence-corrected chi connectivity index (χ2v) is 13.0. The summed E-state index contributed by atoms with van der Waals surface area (Å²) in [7, 11) is 0. The van der Waals surface area contributed by atoms with Gasteiger partial charge < -0.3 is 9.47 Å². The molecule has 0 radical (unpaired) electrons. The lowest BCUT2D eigenvalue weighted by atomic mass is 9.49. The smallest absolute Gasteiger partial charge is 0.434 e. The van der Waals surface area contributed by atoms with Crippen molar-refractivity contribution in [3.8, 4) is 0 Å². The molecule has 8 atom stereocenters. The quantitative estimate of drug-likeness (QED) is 0.191. The topological polar surface area (TPSA) is 52.6 Å². The third kappa shape index (κ3) is 6.61. The molecule has 37 heavy (non-hydrogen) atoms. The summed E-state index contributed by atoms with van der Waals surface area (Å²) < 4.78 is 27.2. The number of carbonyl (C=O) groups is 2. The Kier molecular flexibility index (Phi) is 10.1. The van der Waals surface area contributed by atoms with Gasteiger partial charge >= 0.3 is 6.16 Å². The standard InChI is InChI=1S/C32H51FO4/c1-4-5-6-7-8-9-10-11-12-13-18-36-31(35)37-28-17-16-26-29-22(2)19-23-20-24(34)14-15-25(23)30(29)27(33)21-32(26,28)3/h20,22,25-30H,4-19,21H2,1-3H3/t22-,25+,26+,27+,28+,29+,30+,32+/m1/s1. The zero-order valence-corrected chi connectivity index (χ0v) is 23.7. The zero-order chi connectivity index (χ0) is 26.4. The molecule has 4 aliphatic carbocycles. The predicted octanol–water partition coefficient (Wildman–Crippen LogP) is 8.76. The van der Waals surface area contributed by atoms with E-state index in [-0.39, 0.29) is 29.1 Å². The summed E-state index contributed by atoms with van der Waals surface area (Å²) in [6.07, 6.45) is 17.0. The predicted molar refractivity (Wildman–Crippen MR) is 145 cm³/mol. The van der Waals surface area contributed by atoms with E-state index >= 15 is 4.39 Å². The van der Waals surface area contributed by atoms with Crippen LogP contribution in [0.2, 0.25) is 0 Å².